The second-order valence-electron chi connectivity index (χ2n) is 7.43. The minimum absolute atomic E-state index is 0.0235. The molecule has 3 aromatic rings. The van der Waals surface area contributed by atoms with E-state index in [-0.39, 0.29) is 16.5 Å². The molecule has 0 aliphatic carbocycles. The van der Waals surface area contributed by atoms with Gasteiger partial charge in [-0.15, -0.1) is 0 Å². The van der Waals surface area contributed by atoms with E-state index in [1.54, 1.807) is 42.5 Å². The smallest absolute Gasteiger partial charge is 0.255 e. The Morgan fingerprint density at radius 2 is 1.75 bits per heavy atom. The topological polar surface area (TPSA) is 88.1 Å². The van der Waals surface area contributed by atoms with Crippen LogP contribution in [0.2, 0.25) is 15.1 Å². The van der Waals surface area contributed by atoms with E-state index in [4.69, 9.17) is 39.5 Å². The number of benzene rings is 3. The number of amides is 1. The Bertz CT molecular complexity index is 1360. The summed E-state index contributed by atoms with van der Waals surface area (Å²) in [6.45, 7) is 3.28. The number of nitrogens with one attached hydrogen (secondary N) is 1. The van der Waals surface area contributed by atoms with E-state index in [0.29, 0.717) is 33.5 Å². The lowest BCUT2D eigenvalue weighted by Gasteiger charge is -2.22. The van der Waals surface area contributed by atoms with E-state index in [1.165, 1.54) is 36.5 Å². The molecule has 0 aliphatic heterocycles. The molecule has 0 spiro atoms. The Labute approximate surface area is 225 Å². The van der Waals surface area contributed by atoms with E-state index in [1.807, 2.05) is 0 Å². The molecular weight excluding hydrogens is 545 g/mol. The van der Waals surface area contributed by atoms with Gasteiger partial charge in [0.05, 0.1) is 17.7 Å². The van der Waals surface area contributed by atoms with Gasteiger partial charge in [0.25, 0.3) is 5.91 Å². The second-order valence-corrected chi connectivity index (χ2v) is 10.6. The molecule has 11 heteroatoms. The number of nitrogens with zero attached hydrogens (tertiary/aromatic N) is 2. The highest BCUT2D eigenvalue weighted by atomic mass is 35.5. The number of rotatable bonds is 11. The normalized spacial score (nSPS) is 11.6. The first-order chi connectivity index (χ1) is 17.2. The maximum absolute atomic E-state index is 13.4. The van der Waals surface area contributed by atoms with Crippen LogP contribution in [0.25, 0.3) is 0 Å². The first kappa shape index (κ1) is 27.7. The molecule has 0 fully saturated rings. The van der Waals surface area contributed by atoms with Gasteiger partial charge in [-0.3, -0.25) is 4.79 Å². The Morgan fingerprint density at radius 3 is 2.44 bits per heavy atom. The second kappa shape index (κ2) is 12.9. The van der Waals surface area contributed by atoms with Gasteiger partial charge in [0.2, 0.25) is 10.0 Å². The minimum atomic E-state index is -4.08. The standard InChI is InChI=1S/C25H22Cl3N3O4S/c1-2-12-35-22-5-3-4-18(13-22)15-29-30-25(32)17-31(16-19-6-7-21(27)14-24(19)28)36(33,34)23-10-8-20(26)9-11-23/h2-11,13-15H,1,12,16-17H2,(H,30,32)/b29-15-. The number of hydrogen-bond acceptors (Lipinski definition) is 5. The highest BCUT2D eigenvalue weighted by Crippen LogP contribution is 2.25. The third-order valence-corrected chi connectivity index (χ3v) is 7.41. The number of ether oxygens (including phenoxy) is 1. The average molecular weight is 567 g/mol. The summed E-state index contributed by atoms with van der Waals surface area (Å²) in [5, 5.41) is 5.00. The molecule has 0 bridgehead atoms. The van der Waals surface area contributed by atoms with Crippen molar-refractivity contribution in [1.29, 1.82) is 0 Å². The van der Waals surface area contributed by atoms with Crippen LogP contribution in [0.5, 0.6) is 5.75 Å². The van der Waals surface area contributed by atoms with Crippen molar-refractivity contribution in [3.05, 3.63) is 106 Å². The first-order valence-corrected chi connectivity index (χ1v) is 13.1. The zero-order valence-electron chi connectivity index (χ0n) is 18.9. The van der Waals surface area contributed by atoms with Gasteiger partial charge in [0.1, 0.15) is 12.4 Å². The van der Waals surface area contributed by atoms with Crippen LogP contribution in [0.15, 0.2) is 89.4 Å². The summed E-state index contributed by atoms with van der Waals surface area (Å²) in [6, 6.07) is 17.4. The monoisotopic (exact) mass is 565 g/mol. The van der Waals surface area contributed by atoms with Crippen molar-refractivity contribution in [3.63, 3.8) is 0 Å². The van der Waals surface area contributed by atoms with Crippen LogP contribution >= 0.6 is 34.8 Å². The highest BCUT2D eigenvalue weighted by molar-refractivity contribution is 7.89. The Kier molecular flexibility index (Phi) is 9.92. The van der Waals surface area contributed by atoms with E-state index in [0.717, 1.165) is 4.31 Å². The van der Waals surface area contributed by atoms with Gasteiger partial charge in [0.15, 0.2) is 0 Å². The predicted molar refractivity (Wildman–Crippen MR) is 143 cm³/mol. The molecule has 1 N–H and O–H groups in total. The largest absolute Gasteiger partial charge is 0.490 e. The molecular formula is C25H22Cl3N3O4S. The molecule has 36 heavy (non-hydrogen) atoms. The summed E-state index contributed by atoms with van der Waals surface area (Å²) in [6.07, 6.45) is 3.05. The lowest BCUT2D eigenvalue weighted by atomic mass is 10.2. The molecule has 3 rings (SSSR count). The Balaban J connectivity index is 1.78. The number of hydrazone groups is 1. The summed E-state index contributed by atoms with van der Waals surface area (Å²) < 4.78 is 33.2. The van der Waals surface area contributed by atoms with Crippen LogP contribution in [0.3, 0.4) is 0 Å². The van der Waals surface area contributed by atoms with E-state index in [2.05, 4.69) is 17.1 Å². The van der Waals surface area contributed by atoms with Crippen molar-refractivity contribution in [1.82, 2.24) is 9.73 Å². The van der Waals surface area contributed by atoms with Gasteiger partial charge in [-0.2, -0.15) is 9.41 Å². The maximum atomic E-state index is 13.4. The molecule has 3 aromatic carbocycles. The molecule has 7 nitrogen and oxygen atoms in total. The van der Waals surface area contributed by atoms with Crippen LogP contribution in [-0.2, 0) is 21.4 Å². The fourth-order valence-electron chi connectivity index (χ4n) is 3.04. The Morgan fingerprint density at radius 1 is 1.03 bits per heavy atom. The Hall–Kier alpha value is -2.88. The number of sulfonamides is 1. The van der Waals surface area contributed by atoms with Crippen molar-refractivity contribution < 1.29 is 17.9 Å². The fraction of sp³-hybridized carbons (Fsp3) is 0.120. The SMILES string of the molecule is C=CCOc1cccc(/C=N\NC(=O)CN(Cc2ccc(Cl)cc2Cl)S(=O)(=O)c2ccc(Cl)cc2)c1. The number of carbonyl (C=O) groups excluding carboxylic acids is 1. The zero-order chi connectivity index (χ0) is 26.1. The number of halogens is 3. The molecule has 0 saturated carbocycles. The molecule has 0 aliphatic rings. The van der Waals surface area contributed by atoms with Gasteiger partial charge in [-0.25, -0.2) is 13.8 Å². The van der Waals surface area contributed by atoms with Gasteiger partial charge in [-0.1, -0.05) is 65.7 Å². The highest BCUT2D eigenvalue weighted by Gasteiger charge is 2.27. The van der Waals surface area contributed by atoms with Gasteiger partial charge >= 0.3 is 0 Å². The summed E-state index contributed by atoms with van der Waals surface area (Å²) in [5.41, 5.74) is 3.51. The quantitative estimate of drug-likeness (QED) is 0.187. The van der Waals surface area contributed by atoms with E-state index in [9.17, 15) is 13.2 Å². The van der Waals surface area contributed by atoms with Crippen LogP contribution in [-0.4, -0.2) is 38.0 Å². The third-order valence-electron chi connectivity index (χ3n) is 4.76. The van der Waals surface area contributed by atoms with Gasteiger partial charge in [0, 0.05) is 21.6 Å². The van der Waals surface area contributed by atoms with Crippen molar-refractivity contribution >= 4 is 56.9 Å². The molecule has 0 radical (unpaired) electrons. The van der Waals surface area contributed by atoms with Gasteiger partial charge in [-0.05, 0) is 59.7 Å². The molecule has 0 heterocycles. The summed E-state index contributed by atoms with van der Waals surface area (Å²) in [4.78, 5) is 12.6. The molecule has 1 amide bonds. The van der Waals surface area contributed by atoms with Crippen molar-refractivity contribution in [2.45, 2.75) is 11.4 Å². The summed E-state index contributed by atoms with van der Waals surface area (Å²) in [5.74, 6) is -0.0295. The van der Waals surface area contributed by atoms with Crippen molar-refractivity contribution in [2.24, 2.45) is 5.10 Å². The molecule has 0 saturated heterocycles. The fourth-order valence-corrected chi connectivity index (χ4v) is 5.00. The van der Waals surface area contributed by atoms with Crippen molar-refractivity contribution in [2.75, 3.05) is 13.2 Å². The lowest BCUT2D eigenvalue weighted by Crippen LogP contribution is -2.39. The predicted octanol–water partition coefficient (Wildman–Crippen LogP) is 5.55. The number of carbonyl (C=O) groups is 1. The molecule has 0 unspecified atom stereocenters. The molecule has 0 aromatic heterocycles. The van der Waals surface area contributed by atoms with E-state index < -0.39 is 22.5 Å². The van der Waals surface area contributed by atoms with Crippen LogP contribution in [0.1, 0.15) is 11.1 Å². The third kappa shape index (κ3) is 7.81. The lowest BCUT2D eigenvalue weighted by molar-refractivity contribution is -0.121. The first-order valence-electron chi connectivity index (χ1n) is 10.5. The van der Waals surface area contributed by atoms with Crippen LogP contribution in [0.4, 0.5) is 0 Å². The molecule has 0 atom stereocenters. The maximum Gasteiger partial charge on any atom is 0.255 e. The summed E-state index contributed by atoms with van der Waals surface area (Å²) >= 11 is 18.1. The minimum Gasteiger partial charge on any atom is -0.490 e. The number of hydrogen-bond donors (Lipinski definition) is 1. The van der Waals surface area contributed by atoms with Crippen LogP contribution in [0, 0.1) is 0 Å². The van der Waals surface area contributed by atoms with E-state index >= 15 is 0 Å². The van der Waals surface area contributed by atoms with Crippen molar-refractivity contribution in [3.8, 4) is 5.75 Å². The summed E-state index contributed by atoms with van der Waals surface area (Å²) in [7, 11) is -4.08. The zero-order valence-corrected chi connectivity index (χ0v) is 22.0. The molecule has 188 valence electrons. The average Bonchev–Trinajstić information content (AvgIpc) is 2.84. The van der Waals surface area contributed by atoms with Crippen LogP contribution < -0.4 is 10.2 Å². The van der Waals surface area contributed by atoms with Gasteiger partial charge < -0.3 is 4.74 Å².